The molecule has 1 aromatic rings. The largest absolute Gasteiger partial charge is 0.355 e. The van der Waals surface area contributed by atoms with Crippen LogP contribution < -0.4 is 10.6 Å². The molecule has 18 heavy (non-hydrogen) atoms. The van der Waals surface area contributed by atoms with Gasteiger partial charge in [-0.3, -0.25) is 4.79 Å². The molecular formula is C15H20N2O. The first-order chi connectivity index (χ1) is 8.83. The molecule has 0 spiro atoms. The lowest BCUT2D eigenvalue weighted by molar-refractivity contribution is -0.122. The van der Waals surface area contributed by atoms with Gasteiger partial charge in [0.05, 0.1) is 5.92 Å². The number of hydrogen-bond acceptors (Lipinski definition) is 2. The maximum absolute atomic E-state index is 12.1. The maximum Gasteiger partial charge on any atom is 0.228 e. The van der Waals surface area contributed by atoms with E-state index in [4.69, 9.17) is 0 Å². The van der Waals surface area contributed by atoms with Gasteiger partial charge in [-0.1, -0.05) is 36.4 Å². The summed E-state index contributed by atoms with van der Waals surface area (Å²) < 4.78 is 0. The van der Waals surface area contributed by atoms with Gasteiger partial charge >= 0.3 is 0 Å². The highest BCUT2D eigenvalue weighted by atomic mass is 16.1. The second-order valence-electron chi connectivity index (χ2n) is 4.53. The fraction of sp³-hybridized carbons (Fsp3) is 0.400. The molecule has 2 rings (SSSR count). The summed E-state index contributed by atoms with van der Waals surface area (Å²) in [6, 6.07) is 8.17. The first-order valence-electron chi connectivity index (χ1n) is 6.50. The fourth-order valence-electron chi connectivity index (χ4n) is 2.30. The van der Waals surface area contributed by atoms with E-state index < -0.39 is 0 Å². The zero-order valence-corrected chi connectivity index (χ0v) is 10.8. The quantitative estimate of drug-likeness (QED) is 0.628. The van der Waals surface area contributed by atoms with Crippen LogP contribution in [0.25, 0.3) is 0 Å². The lowest BCUT2D eigenvalue weighted by Gasteiger charge is -2.25. The topological polar surface area (TPSA) is 41.1 Å². The number of rotatable bonds is 4. The lowest BCUT2D eigenvalue weighted by atomic mass is 9.90. The number of hydrogen-bond donors (Lipinski definition) is 2. The van der Waals surface area contributed by atoms with Crippen molar-refractivity contribution in [3.05, 3.63) is 47.5 Å². The van der Waals surface area contributed by atoms with E-state index in [1.165, 1.54) is 11.1 Å². The maximum atomic E-state index is 12.1. The predicted octanol–water partition coefficient (Wildman–Crippen LogP) is 1.96. The van der Waals surface area contributed by atoms with Gasteiger partial charge in [-0.25, -0.2) is 0 Å². The van der Waals surface area contributed by atoms with E-state index in [0.29, 0.717) is 6.54 Å². The standard InChI is InChI=1S/C15H20N2O/c1-2-3-6-9-17-15(18)14-11-16-10-12-7-4-5-8-13(12)14/h2-5,7-8,14,16H,6,9-11H2,1H3,(H,17,18)/b3-2+. The molecule has 3 heteroatoms. The van der Waals surface area contributed by atoms with Crippen molar-refractivity contribution in [1.29, 1.82) is 0 Å². The minimum atomic E-state index is -0.0550. The van der Waals surface area contributed by atoms with Gasteiger partial charge in [-0.05, 0) is 24.5 Å². The zero-order chi connectivity index (χ0) is 12.8. The Kier molecular flexibility index (Phi) is 4.53. The van der Waals surface area contributed by atoms with Crippen LogP contribution in [-0.2, 0) is 11.3 Å². The number of carbonyl (C=O) groups is 1. The molecule has 1 unspecified atom stereocenters. The molecule has 1 aliphatic rings. The Morgan fingerprint density at radius 1 is 1.50 bits per heavy atom. The Labute approximate surface area is 108 Å². The van der Waals surface area contributed by atoms with Crippen molar-refractivity contribution < 1.29 is 4.79 Å². The van der Waals surface area contributed by atoms with E-state index in [-0.39, 0.29) is 11.8 Å². The third-order valence-corrected chi connectivity index (χ3v) is 3.26. The third-order valence-electron chi connectivity index (χ3n) is 3.26. The van der Waals surface area contributed by atoms with E-state index in [9.17, 15) is 4.79 Å². The van der Waals surface area contributed by atoms with Crippen LogP contribution in [0.3, 0.4) is 0 Å². The molecule has 1 heterocycles. The smallest absolute Gasteiger partial charge is 0.228 e. The summed E-state index contributed by atoms with van der Waals surface area (Å²) >= 11 is 0. The fourth-order valence-corrected chi connectivity index (χ4v) is 2.30. The first-order valence-corrected chi connectivity index (χ1v) is 6.50. The van der Waals surface area contributed by atoms with Crippen molar-refractivity contribution in [2.75, 3.05) is 13.1 Å². The van der Waals surface area contributed by atoms with Crippen molar-refractivity contribution in [2.24, 2.45) is 0 Å². The number of nitrogens with one attached hydrogen (secondary N) is 2. The van der Waals surface area contributed by atoms with E-state index in [2.05, 4.69) is 28.8 Å². The number of benzene rings is 1. The molecule has 0 saturated carbocycles. The van der Waals surface area contributed by atoms with E-state index in [1.807, 2.05) is 25.1 Å². The van der Waals surface area contributed by atoms with Crippen molar-refractivity contribution in [1.82, 2.24) is 10.6 Å². The highest BCUT2D eigenvalue weighted by Gasteiger charge is 2.25. The van der Waals surface area contributed by atoms with Gasteiger partial charge < -0.3 is 10.6 Å². The van der Waals surface area contributed by atoms with E-state index in [1.54, 1.807) is 0 Å². The Morgan fingerprint density at radius 2 is 2.33 bits per heavy atom. The number of allylic oxidation sites excluding steroid dienone is 1. The number of carbonyl (C=O) groups excluding carboxylic acids is 1. The normalized spacial score (nSPS) is 18.6. The summed E-state index contributed by atoms with van der Waals surface area (Å²) in [5.41, 5.74) is 2.40. The third kappa shape index (κ3) is 2.99. The van der Waals surface area contributed by atoms with Gasteiger partial charge in [-0.15, -0.1) is 0 Å². The minimum absolute atomic E-state index is 0.0550. The van der Waals surface area contributed by atoms with E-state index in [0.717, 1.165) is 19.5 Å². The Bertz CT molecular complexity index is 440. The molecule has 0 radical (unpaired) electrons. The summed E-state index contributed by atoms with van der Waals surface area (Å²) in [6.45, 7) is 4.29. The Morgan fingerprint density at radius 3 is 3.17 bits per heavy atom. The van der Waals surface area contributed by atoms with Crippen LogP contribution in [0.5, 0.6) is 0 Å². The molecule has 1 aliphatic heterocycles. The molecule has 0 bridgehead atoms. The van der Waals surface area contributed by atoms with Crippen molar-refractivity contribution in [3.63, 3.8) is 0 Å². The van der Waals surface area contributed by atoms with Gasteiger partial charge in [0, 0.05) is 19.6 Å². The molecule has 96 valence electrons. The molecule has 3 nitrogen and oxygen atoms in total. The summed E-state index contributed by atoms with van der Waals surface area (Å²) in [7, 11) is 0. The minimum Gasteiger partial charge on any atom is -0.355 e. The first kappa shape index (κ1) is 12.8. The van der Waals surface area contributed by atoms with E-state index >= 15 is 0 Å². The number of amides is 1. The average Bonchev–Trinajstić information content (AvgIpc) is 2.43. The van der Waals surface area contributed by atoms with Crippen molar-refractivity contribution in [2.45, 2.75) is 25.8 Å². The van der Waals surface area contributed by atoms with Crippen molar-refractivity contribution in [3.8, 4) is 0 Å². The second-order valence-corrected chi connectivity index (χ2v) is 4.53. The highest BCUT2D eigenvalue weighted by Crippen LogP contribution is 2.23. The summed E-state index contributed by atoms with van der Waals surface area (Å²) in [6.07, 6.45) is 4.96. The van der Waals surface area contributed by atoms with Gasteiger partial charge in [0.25, 0.3) is 0 Å². The van der Waals surface area contributed by atoms with Crippen LogP contribution in [-0.4, -0.2) is 19.0 Å². The summed E-state index contributed by atoms with van der Waals surface area (Å²) in [5, 5.41) is 6.30. The van der Waals surface area contributed by atoms with Crippen LogP contribution >= 0.6 is 0 Å². The molecular weight excluding hydrogens is 224 g/mol. The monoisotopic (exact) mass is 244 g/mol. The Balaban J connectivity index is 1.99. The molecule has 2 N–H and O–H groups in total. The molecule has 1 aromatic carbocycles. The zero-order valence-electron chi connectivity index (χ0n) is 10.8. The van der Waals surface area contributed by atoms with Gasteiger partial charge in [-0.2, -0.15) is 0 Å². The predicted molar refractivity (Wildman–Crippen MR) is 73.3 cm³/mol. The molecule has 1 amide bonds. The molecule has 0 aromatic heterocycles. The number of fused-ring (bicyclic) bond motifs is 1. The molecule has 0 fully saturated rings. The van der Waals surface area contributed by atoms with Gasteiger partial charge in [0.2, 0.25) is 5.91 Å². The average molecular weight is 244 g/mol. The van der Waals surface area contributed by atoms with Gasteiger partial charge in [0.1, 0.15) is 0 Å². The van der Waals surface area contributed by atoms with Crippen LogP contribution in [0.1, 0.15) is 30.4 Å². The SMILES string of the molecule is C/C=C/CCNC(=O)C1CNCc2ccccc21. The van der Waals surface area contributed by atoms with Crippen molar-refractivity contribution >= 4 is 5.91 Å². The molecule has 1 atom stereocenters. The van der Waals surface area contributed by atoms with Crippen LogP contribution in [0.4, 0.5) is 0 Å². The van der Waals surface area contributed by atoms with Crippen LogP contribution in [0.15, 0.2) is 36.4 Å². The molecule has 0 saturated heterocycles. The van der Waals surface area contributed by atoms with Crippen LogP contribution in [0.2, 0.25) is 0 Å². The summed E-state index contributed by atoms with van der Waals surface area (Å²) in [4.78, 5) is 12.1. The van der Waals surface area contributed by atoms with Crippen LogP contribution in [0, 0.1) is 0 Å². The Hall–Kier alpha value is -1.61. The lowest BCUT2D eigenvalue weighted by Crippen LogP contribution is -2.39. The highest BCUT2D eigenvalue weighted by molar-refractivity contribution is 5.84. The molecule has 0 aliphatic carbocycles. The van der Waals surface area contributed by atoms with Gasteiger partial charge in [0.15, 0.2) is 0 Å². The summed E-state index contributed by atoms with van der Waals surface area (Å²) in [5.74, 6) is 0.0692. The second kappa shape index (κ2) is 6.36.